The molecule has 2 aromatic carbocycles. The van der Waals surface area contributed by atoms with Gasteiger partial charge in [-0.15, -0.1) is 0 Å². The van der Waals surface area contributed by atoms with Crippen LogP contribution in [-0.2, 0) is 11.3 Å². The number of ether oxygens (including phenoxy) is 1. The average molecular weight is 276 g/mol. The molecule has 0 aromatic heterocycles. The summed E-state index contributed by atoms with van der Waals surface area (Å²) in [6.07, 6.45) is 1.85. The minimum absolute atomic E-state index is 0.107. The average Bonchev–Trinajstić information content (AvgIpc) is 3.23. The molecule has 0 radical (unpaired) electrons. The number of fused-ring (bicyclic) bond motifs is 1. The summed E-state index contributed by atoms with van der Waals surface area (Å²) in [5.41, 5.74) is 0.729. The summed E-state index contributed by atoms with van der Waals surface area (Å²) in [6.45, 7) is 0. The maximum atomic E-state index is 11.5. The Bertz CT molecular complexity index is 640. The van der Waals surface area contributed by atoms with Gasteiger partial charge in [-0.3, -0.25) is 8.51 Å². The van der Waals surface area contributed by atoms with E-state index in [1.54, 1.807) is 7.11 Å². The van der Waals surface area contributed by atoms with E-state index < -0.39 is 11.3 Å². The van der Waals surface area contributed by atoms with Crippen LogP contribution >= 0.6 is 0 Å². The van der Waals surface area contributed by atoms with Crippen molar-refractivity contribution >= 4 is 27.7 Å². The smallest absolute Gasteiger partial charge is 0.126 e. The molecular weight excluding hydrogens is 262 g/mol. The first-order chi connectivity index (χ1) is 9.22. The van der Waals surface area contributed by atoms with Crippen molar-refractivity contribution in [3.63, 3.8) is 0 Å². The second kappa shape index (κ2) is 4.83. The van der Waals surface area contributed by atoms with Gasteiger partial charge in [-0.05, 0) is 25.0 Å². The molecule has 0 amide bonds. The summed E-state index contributed by atoms with van der Waals surface area (Å²) in [5, 5.41) is 1.83. The Kier molecular flexibility index (Phi) is 3.16. The van der Waals surface area contributed by atoms with Gasteiger partial charge in [0.25, 0.3) is 0 Å². The Morgan fingerprint density at radius 1 is 1.21 bits per heavy atom. The lowest BCUT2D eigenvalue weighted by molar-refractivity contribution is 0.420. The minimum atomic E-state index is -2.24. The van der Waals surface area contributed by atoms with Gasteiger partial charge in [0.1, 0.15) is 5.75 Å². The summed E-state index contributed by atoms with van der Waals surface area (Å²) in [7, 11) is 1.62. The van der Waals surface area contributed by atoms with Gasteiger partial charge in [-0.25, -0.2) is 0 Å². The van der Waals surface area contributed by atoms with Crippen LogP contribution in [0, 0.1) is 0 Å². The van der Waals surface area contributed by atoms with Crippen molar-refractivity contribution in [2.75, 3.05) is 11.4 Å². The molecule has 0 heterocycles. The fourth-order valence-electron chi connectivity index (χ4n) is 2.33. The molecule has 3 rings (SSSR count). The fourth-order valence-corrected chi connectivity index (χ4v) is 3.11. The summed E-state index contributed by atoms with van der Waals surface area (Å²) >= 11 is -2.24. The van der Waals surface area contributed by atoms with Crippen LogP contribution in [0.3, 0.4) is 0 Å². The summed E-state index contributed by atoms with van der Waals surface area (Å²) < 4.78 is 29.7. The molecule has 1 saturated carbocycles. The summed E-state index contributed by atoms with van der Waals surface area (Å²) in [6, 6.07) is 11.4. The lowest BCUT2D eigenvalue weighted by Gasteiger charge is -2.27. The second-order valence-electron chi connectivity index (χ2n) is 4.61. The van der Waals surface area contributed by atoms with E-state index in [-0.39, 0.29) is 6.04 Å². The molecule has 0 spiro atoms. The molecule has 1 fully saturated rings. The van der Waals surface area contributed by atoms with Crippen molar-refractivity contribution in [3.05, 3.63) is 36.4 Å². The van der Waals surface area contributed by atoms with Crippen LogP contribution in [-0.4, -0.2) is 21.9 Å². The first-order valence-electron chi connectivity index (χ1n) is 6.16. The standard InChI is InChI=1S/C14H15NO3S/c1-18-14-9-8-13(11-4-2-3-5-12(11)14)15(19(16)17)10-6-7-10/h2-5,8-10H,6-7H2,1H3,(H,16,17)/p-1. The van der Waals surface area contributed by atoms with E-state index in [0.29, 0.717) is 0 Å². The number of nitrogens with zero attached hydrogens (tertiary/aromatic N) is 1. The number of benzene rings is 2. The molecule has 0 saturated heterocycles. The van der Waals surface area contributed by atoms with Gasteiger partial charge in [-0.1, -0.05) is 24.3 Å². The van der Waals surface area contributed by atoms with Crippen LogP contribution in [0.5, 0.6) is 5.75 Å². The lowest BCUT2D eigenvalue weighted by Crippen LogP contribution is -2.27. The molecule has 19 heavy (non-hydrogen) atoms. The topological polar surface area (TPSA) is 52.6 Å². The normalized spacial score (nSPS) is 16.3. The molecule has 5 heteroatoms. The van der Waals surface area contributed by atoms with Crippen LogP contribution in [0.15, 0.2) is 36.4 Å². The van der Waals surface area contributed by atoms with Crippen molar-refractivity contribution in [1.82, 2.24) is 0 Å². The monoisotopic (exact) mass is 276 g/mol. The minimum Gasteiger partial charge on any atom is -0.755 e. The highest BCUT2D eigenvalue weighted by Gasteiger charge is 2.31. The molecule has 4 nitrogen and oxygen atoms in total. The second-order valence-corrected chi connectivity index (χ2v) is 5.43. The quantitative estimate of drug-likeness (QED) is 0.807. The zero-order chi connectivity index (χ0) is 13.4. The molecular formula is C14H14NO3S-. The molecule has 0 bridgehead atoms. The number of hydrogen-bond acceptors (Lipinski definition) is 3. The molecule has 1 unspecified atom stereocenters. The van der Waals surface area contributed by atoms with Crippen molar-refractivity contribution in [1.29, 1.82) is 0 Å². The van der Waals surface area contributed by atoms with Crippen molar-refractivity contribution in [2.24, 2.45) is 0 Å². The maximum Gasteiger partial charge on any atom is 0.126 e. The Morgan fingerprint density at radius 3 is 2.47 bits per heavy atom. The van der Waals surface area contributed by atoms with Gasteiger partial charge in [0.2, 0.25) is 0 Å². The molecule has 0 aliphatic heterocycles. The van der Waals surface area contributed by atoms with Gasteiger partial charge in [0.05, 0.1) is 12.8 Å². The van der Waals surface area contributed by atoms with E-state index in [9.17, 15) is 8.76 Å². The van der Waals surface area contributed by atoms with E-state index in [0.717, 1.165) is 35.1 Å². The molecule has 100 valence electrons. The molecule has 2 aromatic rings. The van der Waals surface area contributed by atoms with Gasteiger partial charge >= 0.3 is 0 Å². The largest absolute Gasteiger partial charge is 0.755 e. The van der Waals surface area contributed by atoms with Crippen molar-refractivity contribution in [3.8, 4) is 5.75 Å². The van der Waals surface area contributed by atoms with Crippen LogP contribution in [0.2, 0.25) is 0 Å². The van der Waals surface area contributed by atoms with Crippen LogP contribution in [0.4, 0.5) is 5.69 Å². The Morgan fingerprint density at radius 2 is 1.89 bits per heavy atom. The van der Waals surface area contributed by atoms with Crippen LogP contribution in [0.1, 0.15) is 12.8 Å². The zero-order valence-corrected chi connectivity index (χ0v) is 11.4. The predicted octanol–water partition coefficient (Wildman–Crippen LogP) is 2.61. The summed E-state index contributed by atoms with van der Waals surface area (Å²) in [4.78, 5) is 0. The van der Waals surface area contributed by atoms with Crippen LogP contribution < -0.4 is 9.04 Å². The molecule has 1 aliphatic carbocycles. The van der Waals surface area contributed by atoms with Crippen molar-refractivity contribution < 1.29 is 13.5 Å². The first kappa shape index (κ1) is 12.4. The third kappa shape index (κ3) is 2.19. The van der Waals surface area contributed by atoms with Gasteiger partial charge < -0.3 is 9.29 Å². The van der Waals surface area contributed by atoms with E-state index in [1.165, 1.54) is 4.31 Å². The third-order valence-corrected chi connectivity index (χ3v) is 4.17. The van der Waals surface area contributed by atoms with Gasteiger partial charge in [0, 0.05) is 28.1 Å². The highest BCUT2D eigenvalue weighted by atomic mass is 32.2. The Labute approximate surface area is 114 Å². The number of rotatable bonds is 4. The number of methoxy groups -OCH3 is 1. The maximum absolute atomic E-state index is 11.5. The number of anilines is 1. The molecule has 1 atom stereocenters. The first-order valence-corrected chi connectivity index (χ1v) is 7.20. The van der Waals surface area contributed by atoms with E-state index in [2.05, 4.69) is 0 Å². The van der Waals surface area contributed by atoms with Crippen LogP contribution in [0.25, 0.3) is 10.8 Å². The molecule has 0 N–H and O–H groups in total. The number of hydrogen-bond donors (Lipinski definition) is 0. The Hall–Kier alpha value is -1.59. The highest BCUT2D eigenvalue weighted by Crippen LogP contribution is 2.39. The van der Waals surface area contributed by atoms with Crippen molar-refractivity contribution in [2.45, 2.75) is 18.9 Å². The molecule has 1 aliphatic rings. The zero-order valence-electron chi connectivity index (χ0n) is 10.5. The fraction of sp³-hybridized carbons (Fsp3) is 0.286. The SMILES string of the molecule is COc1ccc(N(C2CC2)S(=O)[O-])c2ccccc12. The third-order valence-electron chi connectivity index (χ3n) is 3.36. The lowest BCUT2D eigenvalue weighted by atomic mass is 10.1. The highest BCUT2D eigenvalue weighted by molar-refractivity contribution is 7.80. The predicted molar refractivity (Wildman–Crippen MR) is 74.9 cm³/mol. The van der Waals surface area contributed by atoms with Gasteiger partial charge in [-0.2, -0.15) is 0 Å². The van der Waals surface area contributed by atoms with E-state index >= 15 is 0 Å². The van der Waals surface area contributed by atoms with Gasteiger partial charge in [0.15, 0.2) is 0 Å². The van der Waals surface area contributed by atoms with E-state index in [4.69, 9.17) is 4.74 Å². The Balaban J connectivity index is 2.21. The van der Waals surface area contributed by atoms with E-state index in [1.807, 2.05) is 36.4 Å². The summed E-state index contributed by atoms with van der Waals surface area (Å²) in [5.74, 6) is 0.756.